The van der Waals surface area contributed by atoms with Gasteiger partial charge in [0.05, 0.1) is 12.3 Å². The summed E-state index contributed by atoms with van der Waals surface area (Å²) in [7, 11) is 1.51. The van der Waals surface area contributed by atoms with Crippen LogP contribution in [0.25, 0.3) is 0 Å². The molecule has 1 aliphatic heterocycles. The Bertz CT molecular complexity index is 485. The van der Waals surface area contributed by atoms with Crippen LogP contribution >= 0.6 is 0 Å². The maximum Gasteiger partial charge on any atom is 0.250 e. The molecule has 0 aromatic heterocycles. The van der Waals surface area contributed by atoms with E-state index in [1.807, 2.05) is 19.1 Å². The summed E-state index contributed by atoms with van der Waals surface area (Å²) in [6, 6.07) is 6.05. The van der Waals surface area contributed by atoms with E-state index in [4.69, 9.17) is 9.47 Å². The first-order valence-corrected chi connectivity index (χ1v) is 7.98. The van der Waals surface area contributed by atoms with Crippen molar-refractivity contribution in [1.82, 2.24) is 5.32 Å². The van der Waals surface area contributed by atoms with Crippen LogP contribution in [0.5, 0.6) is 5.75 Å². The Labute approximate surface area is 132 Å². The first-order valence-electron chi connectivity index (χ1n) is 7.98. The van der Waals surface area contributed by atoms with Gasteiger partial charge in [0, 0.05) is 7.11 Å². The largest absolute Gasteiger partial charge is 0.492 e. The Morgan fingerprint density at radius 2 is 2.14 bits per heavy atom. The molecule has 0 radical (unpaired) electrons. The molecule has 0 saturated carbocycles. The fraction of sp³-hybridized carbons (Fsp3) is 0.588. The Morgan fingerprint density at radius 1 is 1.36 bits per heavy atom. The van der Waals surface area contributed by atoms with E-state index >= 15 is 0 Å². The lowest BCUT2D eigenvalue weighted by atomic mass is 9.91. The molecule has 1 heterocycles. The smallest absolute Gasteiger partial charge is 0.250 e. The fourth-order valence-electron chi connectivity index (χ4n) is 2.81. The predicted molar refractivity (Wildman–Crippen MR) is 87.4 cm³/mol. The number of methoxy groups -OCH3 is 1. The number of rotatable bonds is 7. The number of piperidine rings is 1. The van der Waals surface area contributed by atoms with Crippen LogP contribution in [-0.4, -0.2) is 39.3 Å². The van der Waals surface area contributed by atoms with E-state index < -0.39 is 0 Å². The summed E-state index contributed by atoms with van der Waals surface area (Å²) in [6.07, 6.45) is 3.50. The van der Waals surface area contributed by atoms with Crippen LogP contribution in [0.4, 0.5) is 5.69 Å². The SMILES string of the molecule is CCOc1cc(CC2CCNCC2)ccc1NC(=O)COC. The zero-order valence-corrected chi connectivity index (χ0v) is 13.5. The third-order valence-electron chi connectivity index (χ3n) is 3.88. The highest BCUT2D eigenvalue weighted by atomic mass is 16.5. The number of anilines is 1. The summed E-state index contributed by atoms with van der Waals surface area (Å²) in [5.74, 6) is 1.29. The lowest BCUT2D eigenvalue weighted by Gasteiger charge is -2.23. The summed E-state index contributed by atoms with van der Waals surface area (Å²) in [5, 5.41) is 6.22. The number of hydrogen-bond acceptors (Lipinski definition) is 4. The molecule has 5 nitrogen and oxygen atoms in total. The molecule has 0 unspecified atom stereocenters. The minimum Gasteiger partial charge on any atom is -0.492 e. The molecule has 5 heteroatoms. The van der Waals surface area contributed by atoms with Gasteiger partial charge in [0.2, 0.25) is 5.91 Å². The van der Waals surface area contributed by atoms with Crippen molar-refractivity contribution in [3.63, 3.8) is 0 Å². The van der Waals surface area contributed by atoms with Crippen molar-refractivity contribution in [2.24, 2.45) is 5.92 Å². The molecule has 0 aliphatic carbocycles. The Balaban J connectivity index is 2.06. The average molecular weight is 306 g/mol. The molecule has 1 fully saturated rings. The molecular weight excluding hydrogens is 280 g/mol. The number of carbonyl (C=O) groups is 1. The fourth-order valence-corrected chi connectivity index (χ4v) is 2.81. The molecule has 2 N–H and O–H groups in total. The van der Waals surface area contributed by atoms with Gasteiger partial charge in [-0.2, -0.15) is 0 Å². The second-order valence-electron chi connectivity index (χ2n) is 5.64. The molecule has 122 valence electrons. The number of amides is 1. The first kappa shape index (κ1) is 16.8. The number of ether oxygens (including phenoxy) is 2. The van der Waals surface area contributed by atoms with Gasteiger partial charge in [-0.3, -0.25) is 4.79 Å². The monoisotopic (exact) mass is 306 g/mol. The first-order chi connectivity index (χ1) is 10.7. The van der Waals surface area contributed by atoms with Crippen LogP contribution < -0.4 is 15.4 Å². The quantitative estimate of drug-likeness (QED) is 0.811. The third-order valence-corrected chi connectivity index (χ3v) is 3.88. The Hall–Kier alpha value is -1.59. The highest BCUT2D eigenvalue weighted by Gasteiger charge is 2.15. The molecule has 2 rings (SSSR count). The minimum absolute atomic E-state index is 0.0440. The van der Waals surface area contributed by atoms with Gasteiger partial charge in [-0.1, -0.05) is 6.07 Å². The average Bonchev–Trinajstić information content (AvgIpc) is 2.51. The molecule has 1 aliphatic rings. The topological polar surface area (TPSA) is 59.6 Å². The summed E-state index contributed by atoms with van der Waals surface area (Å²) < 4.78 is 10.5. The lowest BCUT2D eigenvalue weighted by molar-refractivity contribution is -0.119. The molecule has 22 heavy (non-hydrogen) atoms. The van der Waals surface area contributed by atoms with Gasteiger partial charge >= 0.3 is 0 Å². The maximum absolute atomic E-state index is 11.7. The van der Waals surface area contributed by atoms with Gasteiger partial charge in [0.1, 0.15) is 12.4 Å². The Kier molecular flexibility index (Phi) is 6.68. The molecule has 1 aromatic rings. The van der Waals surface area contributed by atoms with Crippen LogP contribution in [-0.2, 0) is 16.0 Å². The van der Waals surface area contributed by atoms with Crippen LogP contribution in [0, 0.1) is 5.92 Å². The van der Waals surface area contributed by atoms with E-state index in [-0.39, 0.29) is 12.5 Å². The standard InChI is InChI=1S/C17H26N2O3/c1-3-22-16-11-14(10-13-6-8-18-9-7-13)4-5-15(16)19-17(20)12-21-2/h4-5,11,13,18H,3,6-10,12H2,1-2H3,(H,19,20). The minimum atomic E-state index is -0.172. The van der Waals surface area contributed by atoms with Gasteiger partial charge in [0.15, 0.2) is 0 Å². The van der Waals surface area contributed by atoms with E-state index in [0.717, 1.165) is 31.2 Å². The lowest BCUT2D eigenvalue weighted by Crippen LogP contribution is -2.28. The number of carbonyl (C=O) groups excluding carboxylic acids is 1. The molecule has 1 amide bonds. The molecular formula is C17H26N2O3. The van der Waals surface area contributed by atoms with Crippen molar-refractivity contribution in [2.75, 3.05) is 38.7 Å². The van der Waals surface area contributed by atoms with E-state index in [2.05, 4.69) is 16.7 Å². The van der Waals surface area contributed by atoms with E-state index in [9.17, 15) is 4.79 Å². The highest BCUT2D eigenvalue weighted by molar-refractivity contribution is 5.93. The van der Waals surface area contributed by atoms with Crippen molar-refractivity contribution < 1.29 is 14.3 Å². The van der Waals surface area contributed by atoms with Crippen LogP contribution in [0.15, 0.2) is 18.2 Å². The second kappa shape index (κ2) is 8.76. The van der Waals surface area contributed by atoms with Crippen molar-refractivity contribution in [1.29, 1.82) is 0 Å². The van der Waals surface area contributed by atoms with Crippen molar-refractivity contribution in [2.45, 2.75) is 26.2 Å². The molecule has 1 saturated heterocycles. The molecule has 0 spiro atoms. The van der Waals surface area contributed by atoms with Gasteiger partial charge in [0.25, 0.3) is 0 Å². The maximum atomic E-state index is 11.7. The van der Waals surface area contributed by atoms with Crippen molar-refractivity contribution >= 4 is 11.6 Å². The zero-order valence-electron chi connectivity index (χ0n) is 13.5. The van der Waals surface area contributed by atoms with Crippen LogP contribution in [0.1, 0.15) is 25.3 Å². The van der Waals surface area contributed by atoms with Crippen molar-refractivity contribution in [3.05, 3.63) is 23.8 Å². The molecule has 0 atom stereocenters. The number of nitrogens with one attached hydrogen (secondary N) is 2. The van der Waals surface area contributed by atoms with Gasteiger partial charge < -0.3 is 20.1 Å². The second-order valence-corrected chi connectivity index (χ2v) is 5.64. The zero-order chi connectivity index (χ0) is 15.8. The van der Waals surface area contributed by atoms with Gasteiger partial charge in [-0.25, -0.2) is 0 Å². The van der Waals surface area contributed by atoms with Crippen molar-refractivity contribution in [3.8, 4) is 5.75 Å². The van der Waals surface area contributed by atoms with E-state index in [1.165, 1.54) is 25.5 Å². The van der Waals surface area contributed by atoms with E-state index in [1.54, 1.807) is 0 Å². The summed E-state index contributed by atoms with van der Waals surface area (Å²) in [4.78, 5) is 11.7. The van der Waals surface area contributed by atoms with Crippen LogP contribution in [0.3, 0.4) is 0 Å². The highest BCUT2D eigenvalue weighted by Crippen LogP contribution is 2.28. The summed E-state index contributed by atoms with van der Waals surface area (Å²) in [6.45, 7) is 4.77. The summed E-state index contributed by atoms with van der Waals surface area (Å²) >= 11 is 0. The predicted octanol–water partition coefficient (Wildman–Crippen LogP) is 2.21. The third kappa shape index (κ3) is 5.00. The normalized spacial score (nSPS) is 15.5. The van der Waals surface area contributed by atoms with Crippen LogP contribution in [0.2, 0.25) is 0 Å². The Morgan fingerprint density at radius 3 is 2.82 bits per heavy atom. The van der Waals surface area contributed by atoms with E-state index in [0.29, 0.717) is 12.3 Å². The number of benzene rings is 1. The molecule has 0 bridgehead atoms. The van der Waals surface area contributed by atoms with Gasteiger partial charge in [-0.05, 0) is 62.9 Å². The number of hydrogen-bond donors (Lipinski definition) is 2. The summed E-state index contributed by atoms with van der Waals surface area (Å²) in [5.41, 5.74) is 1.97. The molecule has 1 aromatic carbocycles. The van der Waals surface area contributed by atoms with Gasteiger partial charge in [-0.15, -0.1) is 0 Å².